The van der Waals surface area contributed by atoms with E-state index in [1.165, 1.54) is 18.0 Å². The fraction of sp³-hybridized carbons (Fsp3) is 0.357. The number of sulfonamides is 1. The van der Waals surface area contributed by atoms with Crippen LogP contribution in [0, 0.1) is 5.92 Å². The molecule has 204 valence electrons. The van der Waals surface area contributed by atoms with E-state index in [4.69, 9.17) is 23.2 Å². The summed E-state index contributed by atoms with van der Waals surface area (Å²) in [5.41, 5.74) is 0.669. The molecule has 0 saturated heterocycles. The number of fused-ring (bicyclic) bond motifs is 1. The predicted molar refractivity (Wildman–Crippen MR) is 153 cm³/mol. The summed E-state index contributed by atoms with van der Waals surface area (Å²) in [7, 11) is -2.61. The van der Waals surface area contributed by atoms with Crippen LogP contribution in [0.3, 0.4) is 0 Å². The first-order valence-corrected chi connectivity index (χ1v) is 14.6. The van der Waals surface area contributed by atoms with Crippen LogP contribution in [-0.4, -0.2) is 55.6 Å². The molecule has 1 N–H and O–H groups in total. The minimum Gasteiger partial charge on any atom is -0.354 e. The smallest absolute Gasteiger partial charge is 0.243 e. The highest BCUT2D eigenvalue weighted by Crippen LogP contribution is 2.25. The lowest BCUT2D eigenvalue weighted by Gasteiger charge is -2.32. The van der Waals surface area contributed by atoms with Crippen LogP contribution in [0.15, 0.2) is 65.6 Å². The van der Waals surface area contributed by atoms with Crippen LogP contribution in [0.1, 0.15) is 32.8 Å². The van der Waals surface area contributed by atoms with E-state index in [-0.39, 0.29) is 23.3 Å². The van der Waals surface area contributed by atoms with Crippen molar-refractivity contribution in [2.75, 3.05) is 20.1 Å². The lowest BCUT2D eigenvalue weighted by Crippen LogP contribution is -2.52. The number of likely N-dealkylation sites (N-methyl/N-ethyl adjacent to an activating group) is 1. The molecule has 0 saturated carbocycles. The number of nitrogens with one attached hydrogen (secondary N) is 1. The lowest BCUT2D eigenvalue weighted by atomic mass is 10.1. The van der Waals surface area contributed by atoms with Gasteiger partial charge in [-0.25, -0.2) is 8.42 Å². The molecule has 0 fully saturated rings. The predicted octanol–water partition coefficient (Wildman–Crippen LogP) is 5.35. The Morgan fingerprint density at radius 1 is 0.947 bits per heavy atom. The maximum absolute atomic E-state index is 13.6. The maximum Gasteiger partial charge on any atom is 0.243 e. The van der Waals surface area contributed by atoms with Gasteiger partial charge in [0.05, 0.1) is 21.5 Å². The second kappa shape index (κ2) is 12.9. The molecule has 38 heavy (non-hydrogen) atoms. The second-order valence-corrected chi connectivity index (χ2v) is 12.5. The second-order valence-electron chi connectivity index (χ2n) is 9.60. The Hall–Kier alpha value is -2.65. The number of rotatable bonds is 11. The number of hydrogen-bond acceptors (Lipinski definition) is 4. The van der Waals surface area contributed by atoms with E-state index < -0.39 is 28.5 Å². The summed E-state index contributed by atoms with van der Waals surface area (Å²) >= 11 is 12.2. The SMILES string of the molecule is CCC(C(=O)NCC(C)C)N(Cc1ccc(Cl)c(Cl)c1)C(=O)CN(C)S(=O)(=O)c1ccc2ccccc2c1. The molecule has 0 spiro atoms. The van der Waals surface area contributed by atoms with E-state index in [0.717, 1.165) is 15.1 Å². The van der Waals surface area contributed by atoms with Crippen molar-refractivity contribution in [1.82, 2.24) is 14.5 Å². The average Bonchev–Trinajstić information content (AvgIpc) is 2.88. The van der Waals surface area contributed by atoms with Crippen molar-refractivity contribution in [3.63, 3.8) is 0 Å². The summed E-state index contributed by atoms with van der Waals surface area (Å²) < 4.78 is 27.8. The molecule has 3 aromatic rings. The molecule has 0 aliphatic carbocycles. The van der Waals surface area contributed by atoms with E-state index in [1.54, 1.807) is 30.3 Å². The summed E-state index contributed by atoms with van der Waals surface area (Å²) in [5, 5.41) is 5.28. The Morgan fingerprint density at radius 2 is 1.63 bits per heavy atom. The molecule has 0 aromatic heterocycles. The molecule has 10 heteroatoms. The number of amides is 2. The van der Waals surface area contributed by atoms with E-state index in [9.17, 15) is 18.0 Å². The summed E-state index contributed by atoms with van der Waals surface area (Å²) in [4.78, 5) is 28.2. The molecule has 0 bridgehead atoms. The van der Waals surface area contributed by atoms with E-state index in [2.05, 4.69) is 5.32 Å². The molecule has 2 amide bonds. The van der Waals surface area contributed by atoms with Gasteiger partial charge in [0.1, 0.15) is 6.04 Å². The molecular formula is C28H33Cl2N3O4S. The van der Waals surface area contributed by atoms with Gasteiger partial charge in [-0.3, -0.25) is 9.59 Å². The highest BCUT2D eigenvalue weighted by Gasteiger charge is 2.32. The van der Waals surface area contributed by atoms with Crippen molar-refractivity contribution in [3.05, 3.63) is 76.3 Å². The standard InChI is InChI=1S/C28H33Cl2N3O4S/c1-5-26(28(35)31-16-19(2)3)33(17-20-10-13-24(29)25(30)14-20)27(34)18-32(4)38(36,37)23-12-11-21-8-6-7-9-22(21)15-23/h6-15,19,26H,5,16-18H2,1-4H3,(H,31,35). The van der Waals surface area contributed by atoms with Gasteiger partial charge in [0.15, 0.2) is 0 Å². The summed E-state index contributed by atoms with van der Waals surface area (Å²) in [6.45, 7) is 5.85. The third-order valence-electron chi connectivity index (χ3n) is 6.19. The van der Waals surface area contributed by atoms with Crippen LogP contribution in [-0.2, 0) is 26.2 Å². The molecule has 0 aliphatic rings. The highest BCUT2D eigenvalue weighted by molar-refractivity contribution is 7.89. The van der Waals surface area contributed by atoms with Gasteiger partial charge in [0, 0.05) is 20.1 Å². The Balaban J connectivity index is 1.89. The number of benzene rings is 3. The molecule has 1 unspecified atom stereocenters. The van der Waals surface area contributed by atoms with Gasteiger partial charge in [-0.15, -0.1) is 0 Å². The maximum atomic E-state index is 13.6. The summed E-state index contributed by atoms with van der Waals surface area (Å²) in [5.74, 6) is -0.571. The normalized spacial score (nSPS) is 12.6. The third-order valence-corrected chi connectivity index (χ3v) is 8.73. The summed E-state index contributed by atoms with van der Waals surface area (Å²) in [6, 6.07) is 16.5. The third kappa shape index (κ3) is 7.26. The fourth-order valence-corrected chi connectivity index (χ4v) is 5.53. The van der Waals surface area contributed by atoms with Crippen LogP contribution in [0.2, 0.25) is 10.0 Å². The van der Waals surface area contributed by atoms with Crippen LogP contribution in [0.5, 0.6) is 0 Å². The van der Waals surface area contributed by atoms with Gasteiger partial charge in [-0.2, -0.15) is 4.31 Å². The quantitative estimate of drug-likeness (QED) is 0.333. The largest absolute Gasteiger partial charge is 0.354 e. The van der Waals surface area contributed by atoms with Crippen LogP contribution >= 0.6 is 23.2 Å². The monoisotopic (exact) mass is 577 g/mol. The summed E-state index contributed by atoms with van der Waals surface area (Å²) in [6.07, 6.45) is 0.345. The van der Waals surface area contributed by atoms with Crippen LogP contribution in [0.25, 0.3) is 10.8 Å². The van der Waals surface area contributed by atoms with Crippen molar-refractivity contribution >= 4 is 55.8 Å². The zero-order valence-electron chi connectivity index (χ0n) is 21.9. The van der Waals surface area contributed by atoms with Crippen LogP contribution in [0.4, 0.5) is 0 Å². The van der Waals surface area contributed by atoms with Gasteiger partial charge < -0.3 is 10.2 Å². The number of carbonyl (C=O) groups is 2. The van der Waals surface area contributed by atoms with Gasteiger partial charge in [0.25, 0.3) is 0 Å². The zero-order valence-corrected chi connectivity index (χ0v) is 24.3. The number of hydrogen-bond donors (Lipinski definition) is 1. The molecule has 1 atom stereocenters. The number of nitrogens with zero attached hydrogens (tertiary/aromatic N) is 2. The molecule has 3 rings (SSSR count). The van der Waals surface area contributed by atoms with E-state index >= 15 is 0 Å². The molecular weight excluding hydrogens is 545 g/mol. The molecule has 0 radical (unpaired) electrons. The van der Waals surface area contributed by atoms with Crippen molar-refractivity contribution in [2.24, 2.45) is 5.92 Å². The highest BCUT2D eigenvalue weighted by atomic mass is 35.5. The van der Waals surface area contributed by atoms with Gasteiger partial charge in [-0.05, 0) is 52.9 Å². The van der Waals surface area contributed by atoms with Gasteiger partial charge in [0.2, 0.25) is 21.8 Å². The molecule has 3 aromatic carbocycles. The minimum atomic E-state index is -3.97. The molecule has 0 aliphatic heterocycles. The lowest BCUT2D eigenvalue weighted by molar-refractivity contribution is -0.141. The number of halogens is 2. The van der Waals surface area contributed by atoms with Crippen molar-refractivity contribution in [2.45, 2.75) is 44.7 Å². The van der Waals surface area contributed by atoms with Crippen LogP contribution < -0.4 is 5.32 Å². The minimum absolute atomic E-state index is 0.0627. The number of carbonyl (C=O) groups excluding carboxylic acids is 2. The first kappa shape index (κ1) is 29.9. The average molecular weight is 579 g/mol. The Morgan fingerprint density at radius 3 is 2.26 bits per heavy atom. The van der Waals surface area contributed by atoms with Crippen molar-refractivity contribution in [1.29, 1.82) is 0 Å². The van der Waals surface area contributed by atoms with E-state index in [0.29, 0.717) is 28.6 Å². The van der Waals surface area contributed by atoms with E-state index in [1.807, 2.05) is 45.0 Å². The van der Waals surface area contributed by atoms with Crippen molar-refractivity contribution in [3.8, 4) is 0 Å². The Bertz CT molecular complexity index is 1410. The van der Waals surface area contributed by atoms with Gasteiger partial charge >= 0.3 is 0 Å². The first-order valence-electron chi connectivity index (χ1n) is 12.4. The zero-order chi connectivity index (χ0) is 28.0. The van der Waals surface area contributed by atoms with Gasteiger partial charge in [-0.1, -0.05) is 80.4 Å². The first-order chi connectivity index (χ1) is 17.9. The molecule has 7 nitrogen and oxygen atoms in total. The Labute approximate surface area is 234 Å². The van der Waals surface area contributed by atoms with Crippen molar-refractivity contribution < 1.29 is 18.0 Å². The molecule has 0 heterocycles. The fourth-order valence-electron chi connectivity index (χ4n) is 4.05. The topological polar surface area (TPSA) is 86.8 Å². The Kier molecular flexibility index (Phi) is 10.2.